The van der Waals surface area contributed by atoms with Crippen molar-refractivity contribution in [2.45, 2.75) is 59.9 Å². The Morgan fingerprint density at radius 2 is 1.79 bits per heavy atom. The smallest absolute Gasteiger partial charge is 0.227 e. The Labute approximate surface area is 116 Å². The SMILES string of the molecule is CCC(C)NC(=O)C1CCN(C(=O)C(C)(C)C)CC1. The van der Waals surface area contributed by atoms with Gasteiger partial charge in [-0.15, -0.1) is 0 Å². The second-order valence-electron chi connectivity index (χ2n) is 6.63. The number of piperidine rings is 1. The molecule has 1 unspecified atom stereocenters. The van der Waals surface area contributed by atoms with Gasteiger partial charge in [-0.3, -0.25) is 9.59 Å². The first kappa shape index (κ1) is 16.0. The number of carbonyl (C=O) groups excluding carboxylic acids is 2. The van der Waals surface area contributed by atoms with Gasteiger partial charge in [-0.2, -0.15) is 0 Å². The lowest BCUT2D eigenvalue weighted by Crippen LogP contribution is -2.47. The van der Waals surface area contributed by atoms with E-state index in [9.17, 15) is 9.59 Å². The van der Waals surface area contributed by atoms with Crippen LogP contribution >= 0.6 is 0 Å². The second kappa shape index (κ2) is 6.40. The summed E-state index contributed by atoms with van der Waals surface area (Å²) in [5.41, 5.74) is -0.328. The van der Waals surface area contributed by atoms with Crippen LogP contribution in [0.4, 0.5) is 0 Å². The molecule has 1 N–H and O–H groups in total. The summed E-state index contributed by atoms with van der Waals surface area (Å²) in [5, 5.41) is 3.03. The van der Waals surface area contributed by atoms with Crippen LogP contribution in [0.25, 0.3) is 0 Å². The van der Waals surface area contributed by atoms with E-state index in [2.05, 4.69) is 12.2 Å². The molecule has 0 radical (unpaired) electrons. The molecule has 1 fully saturated rings. The third-order valence-electron chi connectivity index (χ3n) is 3.80. The number of likely N-dealkylation sites (tertiary alicyclic amines) is 1. The van der Waals surface area contributed by atoms with Crippen LogP contribution in [0.3, 0.4) is 0 Å². The predicted octanol–water partition coefficient (Wildman–Crippen LogP) is 2.19. The molecule has 0 aromatic carbocycles. The van der Waals surface area contributed by atoms with E-state index < -0.39 is 0 Å². The molecule has 0 aliphatic carbocycles. The first-order chi connectivity index (χ1) is 8.75. The van der Waals surface area contributed by atoms with Crippen LogP contribution in [0.2, 0.25) is 0 Å². The van der Waals surface area contributed by atoms with Gasteiger partial charge in [0.2, 0.25) is 11.8 Å². The molecule has 19 heavy (non-hydrogen) atoms. The van der Waals surface area contributed by atoms with E-state index in [1.54, 1.807) is 0 Å². The molecule has 1 atom stereocenters. The van der Waals surface area contributed by atoms with Crippen molar-refractivity contribution in [2.75, 3.05) is 13.1 Å². The highest BCUT2D eigenvalue weighted by atomic mass is 16.2. The van der Waals surface area contributed by atoms with Crippen molar-refractivity contribution in [1.82, 2.24) is 10.2 Å². The summed E-state index contributed by atoms with van der Waals surface area (Å²) >= 11 is 0. The second-order valence-corrected chi connectivity index (χ2v) is 6.63. The molecule has 1 rings (SSSR count). The average molecular weight is 268 g/mol. The van der Waals surface area contributed by atoms with Gasteiger partial charge in [0.15, 0.2) is 0 Å². The highest BCUT2D eigenvalue weighted by Crippen LogP contribution is 2.23. The largest absolute Gasteiger partial charge is 0.353 e. The van der Waals surface area contributed by atoms with Gasteiger partial charge in [0.05, 0.1) is 0 Å². The minimum Gasteiger partial charge on any atom is -0.353 e. The first-order valence-corrected chi connectivity index (χ1v) is 7.35. The van der Waals surface area contributed by atoms with Crippen LogP contribution in [-0.4, -0.2) is 35.8 Å². The van der Waals surface area contributed by atoms with Crippen molar-refractivity contribution in [3.63, 3.8) is 0 Å². The van der Waals surface area contributed by atoms with Crippen molar-refractivity contribution < 1.29 is 9.59 Å². The van der Waals surface area contributed by atoms with Crippen LogP contribution in [0, 0.1) is 11.3 Å². The summed E-state index contributed by atoms with van der Waals surface area (Å²) in [5.74, 6) is 0.406. The van der Waals surface area contributed by atoms with Crippen molar-refractivity contribution >= 4 is 11.8 Å². The Balaban J connectivity index is 2.45. The van der Waals surface area contributed by atoms with Gasteiger partial charge in [-0.1, -0.05) is 27.7 Å². The molecule has 0 spiro atoms. The molecule has 0 aromatic heterocycles. The molecule has 2 amide bonds. The Hall–Kier alpha value is -1.06. The van der Waals surface area contributed by atoms with Crippen molar-refractivity contribution in [3.05, 3.63) is 0 Å². The number of nitrogens with one attached hydrogen (secondary N) is 1. The molecule has 1 heterocycles. The highest BCUT2D eigenvalue weighted by molar-refractivity contribution is 5.82. The first-order valence-electron chi connectivity index (χ1n) is 7.35. The van der Waals surface area contributed by atoms with E-state index >= 15 is 0 Å². The van der Waals surface area contributed by atoms with E-state index in [0.29, 0.717) is 13.1 Å². The molecule has 0 aromatic rings. The molecule has 1 aliphatic rings. The zero-order chi connectivity index (χ0) is 14.6. The fourth-order valence-corrected chi connectivity index (χ4v) is 2.28. The Kier molecular flexibility index (Phi) is 5.39. The number of amides is 2. The fraction of sp³-hybridized carbons (Fsp3) is 0.867. The van der Waals surface area contributed by atoms with Gasteiger partial charge >= 0.3 is 0 Å². The Bertz CT molecular complexity index is 326. The summed E-state index contributed by atoms with van der Waals surface area (Å²) in [6, 6.07) is 0.238. The number of nitrogens with zero attached hydrogens (tertiary/aromatic N) is 1. The average Bonchev–Trinajstić information content (AvgIpc) is 2.36. The van der Waals surface area contributed by atoms with E-state index in [0.717, 1.165) is 19.3 Å². The van der Waals surface area contributed by atoms with E-state index in [4.69, 9.17) is 0 Å². The maximum Gasteiger partial charge on any atom is 0.227 e. The predicted molar refractivity (Wildman–Crippen MR) is 76.7 cm³/mol. The third kappa shape index (κ3) is 4.51. The van der Waals surface area contributed by atoms with Crippen LogP contribution in [0.1, 0.15) is 53.9 Å². The molecule has 4 nitrogen and oxygen atoms in total. The monoisotopic (exact) mass is 268 g/mol. The van der Waals surface area contributed by atoms with Crippen molar-refractivity contribution in [3.8, 4) is 0 Å². The Morgan fingerprint density at radius 3 is 2.21 bits per heavy atom. The minimum atomic E-state index is -0.328. The lowest BCUT2D eigenvalue weighted by molar-refractivity contribution is -0.142. The van der Waals surface area contributed by atoms with Crippen LogP contribution < -0.4 is 5.32 Å². The molecule has 1 aliphatic heterocycles. The molecule has 1 saturated heterocycles. The quantitative estimate of drug-likeness (QED) is 0.853. The maximum absolute atomic E-state index is 12.1. The van der Waals surface area contributed by atoms with Gasteiger partial charge in [0, 0.05) is 30.5 Å². The van der Waals surface area contributed by atoms with Crippen LogP contribution in [0.5, 0.6) is 0 Å². The van der Waals surface area contributed by atoms with Gasteiger partial charge < -0.3 is 10.2 Å². The molecule has 110 valence electrons. The molecule has 0 saturated carbocycles. The van der Waals surface area contributed by atoms with Crippen LogP contribution in [0.15, 0.2) is 0 Å². The minimum absolute atomic E-state index is 0.0676. The summed E-state index contributed by atoms with van der Waals surface area (Å²) in [6.07, 6.45) is 2.52. The number of carbonyl (C=O) groups is 2. The molecule has 4 heteroatoms. The third-order valence-corrected chi connectivity index (χ3v) is 3.80. The number of rotatable bonds is 3. The fourth-order valence-electron chi connectivity index (χ4n) is 2.28. The molecular formula is C15H28N2O2. The highest BCUT2D eigenvalue weighted by Gasteiger charge is 2.32. The van der Waals surface area contributed by atoms with Gasteiger partial charge in [-0.05, 0) is 26.2 Å². The zero-order valence-corrected chi connectivity index (χ0v) is 13.0. The summed E-state index contributed by atoms with van der Waals surface area (Å²) in [6.45, 7) is 11.3. The van der Waals surface area contributed by atoms with Gasteiger partial charge in [0.1, 0.15) is 0 Å². The zero-order valence-electron chi connectivity index (χ0n) is 13.0. The number of hydrogen-bond donors (Lipinski definition) is 1. The summed E-state index contributed by atoms with van der Waals surface area (Å²) in [7, 11) is 0. The topological polar surface area (TPSA) is 49.4 Å². The number of hydrogen-bond acceptors (Lipinski definition) is 2. The van der Waals surface area contributed by atoms with Crippen molar-refractivity contribution in [1.29, 1.82) is 0 Å². The molecular weight excluding hydrogens is 240 g/mol. The van der Waals surface area contributed by atoms with Crippen LogP contribution in [-0.2, 0) is 9.59 Å². The lowest BCUT2D eigenvalue weighted by atomic mass is 9.90. The lowest BCUT2D eigenvalue weighted by Gasteiger charge is -2.35. The Morgan fingerprint density at radius 1 is 1.26 bits per heavy atom. The standard InChI is InChI=1S/C15H28N2O2/c1-6-11(2)16-13(18)12-7-9-17(10-8-12)14(19)15(3,4)5/h11-12H,6-10H2,1-5H3,(H,16,18). The normalized spacial score (nSPS) is 19.1. The summed E-state index contributed by atoms with van der Waals surface area (Å²) < 4.78 is 0. The van der Waals surface area contributed by atoms with E-state index in [1.807, 2.05) is 32.6 Å². The van der Waals surface area contributed by atoms with E-state index in [-0.39, 0.29) is 29.2 Å². The van der Waals surface area contributed by atoms with Gasteiger partial charge in [0.25, 0.3) is 0 Å². The molecule has 0 bridgehead atoms. The summed E-state index contributed by atoms with van der Waals surface area (Å²) in [4.78, 5) is 26.1. The van der Waals surface area contributed by atoms with E-state index in [1.165, 1.54) is 0 Å². The van der Waals surface area contributed by atoms with Gasteiger partial charge in [-0.25, -0.2) is 0 Å². The maximum atomic E-state index is 12.1. The van der Waals surface area contributed by atoms with Crippen molar-refractivity contribution in [2.24, 2.45) is 11.3 Å².